The molecule has 2 N–H and O–H groups in total. The number of aromatic nitrogens is 1. The van der Waals surface area contributed by atoms with Crippen molar-refractivity contribution in [3.8, 4) is 6.07 Å². The number of likely N-dealkylation sites (tertiary alicyclic amines) is 1. The van der Waals surface area contributed by atoms with Gasteiger partial charge in [0.25, 0.3) is 0 Å². The number of hydrogen-bond donors (Lipinski definition) is 1. The van der Waals surface area contributed by atoms with Gasteiger partial charge in [-0.15, -0.1) is 0 Å². The molecular formula is C22H26F3N5. The third kappa shape index (κ3) is 4.23. The molecule has 1 spiro atoms. The van der Waals surface area contributed by atoms with E-state index < -0.39 is 6.68 Å². The second kappa shape index (κ2) is 8.40. The number of halogens is 3. The molecule has 5 nitrogen and oxygen atoms in total. The Kier molecular flexibility index (Phi) is 5.85. The molecule has 1 aromatic carbocycles. The standard InChI is InChI=1S/C21H25N5.CHF3/c22-10-16-3-4-19(18-2-1-6-24-20(16)18)26-7-5-15(12-26)11-25-13-21(14-25)8-17(23)9-21;2-1(3)4/h1-4,6,15,17H,5,7-9,11-14,23H2;1H. The zero-order valence-electron chi connectivity index (χ0n) is 16.8. The lowest BCUT2D eigenvalue weighted by molar-refractivity contribution is -0.0758. The Morgan fingerprint density at radius 2 is 1.97 bits per heavy atom. The van der Waals surface area contributed by atoms with E-state index >= 15 is 0 Å². The van der Waals surface area contributed by atoms with Crippen molar-refractivity contribution in [2.45, 2.75) is 32.0 Å². The van der Waals surface area contributed by atoms with Crippen LogP contribution >= 0.6 is 0 Å². The Hall–Kier alpha value is -2.37. The van der Waals surface area contributed by atoms with Crippen molar-refractivity contribution in [3.63, 3.8) is 0 Å². The number of fused-ring (bicyclic) bond motifs is 1. The summed E-state index contributed by atoms with van der Waals surface area (Å²) in [6.07, 6.45) is 5.46. The quantitative estimate of drug-likeness (QED) is 0.827. The molecule has 0 amide bonds. The molecule has 2 aliphatic heterocycles. The Morgan fingerprint density at radius 3 is 2.63 bits per heavy atom. The Morgan fingerprint density at radius 1 is 1.23 bits per heavy atom. The van der Waals surface area contributed by atoms with Gasteiger partial charge >= 0.3 is 6.68 Å². The molecular weight excluding hydrogens is 391 g/mol. The lowest BCUT2D eigenvalue weighted by Crippen LogP contribution is -2.65. The fourth-order valence-corrected chi connectivity index (χ4v) is 5.43. The SMILES string of the molecule is FC(F)F.N#Cc1ccc(N2CCC(CN3CC4(CC(N)C4)C3)C2)c2cccnc12. The normalized spacial score (nSPS) is 23.1. The van der Waals surface area contributed by atoms with E-state index in [4.69, 9.17) is 5.73 Å². The van der Waals surface area contributed by atoms with Crippen LogP contribution in [0.15, 0.2) is 30.5 Å². The van der Waals surface area contributed by atoms with Crippen LogP contribution in [0.2, 0.25) is 0 Å². The molecule has 1 unspecified atom stereocenters. The molecule has 1 atom stereocenters. The van der Waals surface area contributed by atoms with E-state index in [1.54, 1.807) is 6.20 Å². The van der Waals surface area contributed by atoms with Crippen molar-refractivity contribution in [1.29, 1.82) is 5.26 Å². The first-order valence-electron chi connectivity index (χ1n) is 10.3. The van der Waals surface area contributed by atoms with Crippen LogP contribution in [0.1, 0.15) is 24.8 Å². The maximum absolute atomic E-state index is 9.67. The predicted molar refractivity (Wildman–Crippen MR) is 110 cm³/mol. The molecule has 3 heterocycles. The van der Waals surface area contributed by atoms with Gasteiger partial charge in [-0.1, -0.05) is 0 Å². The number of benzene rings is 1. The Bertz CT molecular complexity index is 927. The summed E-state index contributed by atoms with van der Waals surface area (Å²) < 4.78 is 29.0. The highest BCUT2D eigenvalue weighted by atomic mass is 19.4. The van der Waals surface area contributed by atoms with Crippen LogP contribution in [0.5, 0.6) is 0 Å². The number of pyridine rings is 1. The summed E-state index contributed by atoms with van der Waals surface area (Å²) in [4.78, 5) is 9.54. The predicted octanol–water partition coefficient (Wildman–Crippen LogP) is 3.53. The number of nitriles is 1. The van der Waals surface area contributed by atoms with Crippen LogP contribution in [0.3, 0.4) is 0 Å². The first-order valence-corrected chi connectivity index (χ1v) is 10.3. The summed E-state index contributed by atoms with van der Waals surface area (Å²) in [6.45, 7) is 2.23. The largest absolute Gasteiger partial charge is 0.379 e. The van der Waals surface area contributed by atoms with E-state index in [-0.39, 0.29) is 0 Å². The second-order valence-corrected chi connectivity index (χ2v) is 8.83. The molecule has 1 saturated carbocycles. The van der Waals surface area contributed by atoms with Gasteiger partial charge in [-0.2, -0.15) is 18.4 Å². The topological polar surface area (TPSA) is 69.2 Å². The number of anilines is 1. The van der Waals surface area contributed by atoms with Gasteiger partial charge in [0.05, 0.1) is 11.1 Å². The highest BCUT2D eigenvalue weighted by Crippen LogP contribution is 2.47. The van der Waals surface area contributed by atoms with Crippen molar-refractivity contribution < 1.29 is 13.2 Å². The van der Waals surface area contributed by atoms with Crippen molar-refractivity contribution >= 4 is 16.6 Å². The summed E-state index contributed by atoms with van der Waals surface area (Å²) in [6, 6.07) is 10.8. The van der Waals surface area contributed by atoms with Crippen LogP contribution in [0.25, 0.3) is 10.9 Å². The smallest absolute Gasteiger partial charge is 0.371 e. The number of nitrogens with two attached hydrogens (primary N) is 1. The van der Waals surface area contributed by atoms with E-state index in [9.17, 15) is 18.4 Å². The molecule has 0 bridgehead atoms. The Balaban J connectivity index is 0.000000503. The molecule has 30 heavy (non-hydrogen) atoms. The van der Waals surface area contributed by atoms with Crippen molar-refractivity contribution in [1.82, 2.24) is 9.88 Å². The average Bonchev–Trinajstić information content (AvgIpc) is 3.12. The van der Waals surface area contributed by atoms with E-state index in [0.717, 1.165) is 29.9 Å². The van der Waals surface area contributed by atoms with Crippen molar-refractivity contribution in [3.05, 3.63) is 36.0 Å². The Labute approximate surface area is 174 Å². The summed E-state index contributed by atoms with van der Waals surface area (Å²) in [5.74, 6) is 0.725. The van der Waals surface area contributed by atoms with Gasteiger partial charge in [0, 0.05) is 56.0 Å². The van der Waals surface area contributed by atoms with E-state index in [0.29, 0.717) is 17.0 Å². The lowest BCUT2D eigenvalue weighted by atomic mass is 9.61. The van der Waals surface area contributed by atoms with Gasteiger partial charge in [-0.3, -0.25) is 4.98 Å². The maximum atomic E-state index is 9.67. The van der Waals surface area contributed by atoms with Crippen LogP contribution in [0.4, 0.5) is 18.9 Å². The molecule has 3 fully saturated rings. The van der Waals surface area contributed by atoms with Gasteiger partial charge in [0.1, 0.15) is 6.07 Å². The van der Waals surface area contributed by atoms with Gasteiger partial charge in [-0.05, 0) is 54.9 Å². The van der Waals surface area contributed by atoms with Crippen molar-refractivity contribution in [2.75, 3.05) is 37.6 Å². The maximum Gasteiger partial charge on any atom is 0.379 e. The van der Waals surface area contributed by atoms with Crippen molar-refractivity contribution in [2.24, 2.45) is 17.1 Å². The summed E-state index contributed by atoms with van der Waals surface area (Å²) in [5, 5.41) is 10.4. The fourth-order valence-electron chi connectivity index (χ4n) is 5.43. The van der Waals surface area contributed by atoms with Gasteiger partial charge in [0.15, 0.2) is 0 Å². The lowest BCUT2D eigenvalue weighted by Gasteiger charge is -2.59. The molecule has 8 heteroatoms. The number of nitrogens with zero attached hydrogens (tertiary/aromatic N) is 4. The second-order valence-electron chi connectivity index (χ2n) is 8.83. The monoisotopic (exact) mass is 417 g/mol. The average molecular weight is 417 g/mol. The fraction of sp³-hybridized carbons (Fsp3) is 0.545. The summed E-state index contributed by atoms with van der Waals surface area (Å²) in [5.41, 5.74) is 9.25. The molecule has 0 radical (unpaired) electrons. The molecule has 1 aliphatic carbocycles. The minimum atomic E-state index is -3.67. The van der Waals surface area contributed by atoms with Gasteiger partial charge in [-0.25, -0.2) is 0 Å². The molecule has 2 saturated heterocycles. The third-order valence-electron chi connectivity index (χ3n) is 6.52. The zero-order chi connectivity index (χ0) is 21.3. The highest BCUT2D eigenvalue weighted by molar-refractivity contribution is 5.95. The van der Waals surface area contributed by atoms with E-state index in [1.807, 2.05) is 12.1 Å². The molecule has 5 rings (SSSR count). The van der Waals surface area contributed by atoms with E-state index in [2.05, 4.69) is 33.0 Å². The van der Waals surface area contributed by atoms with Crippen LogP contribution in [-0.2, 0) is 0 Å². The molecule has 2 aromatic rings. The summed E-state index contributed by atoms with van der Waals surface area (Å²) >= 11 is 0. The minimum Gasteiger partial charge on any atom is -0.371 e. The van der Waals surface area contributed by atoms with Gasteiger partial charge in [0.2, 0.25) is 0 Å². The number of alkyl halides is 3. The minimum absolute atomic E-state index is 0.456. The first-order chi connectivity index (χ1) is 14.4. The van der Waals surface area contributed by atoms with Gasteiger partial charge < -0.3 is 15.5 Å². The molecule has 160 valence electrons. The third-order valence-corrected chi connectivity index (χ3v) is 6.52. The zero-order valence-corrected chi connectivity index (χ0v) is 16.8. The van der Waals surface area contributed by atoms with Crippen LogP contribution < -0.4 is 10.6 Å². The summed E-state index contributed by atoms with van der Waals surface area (Å²) in [7, 11) is 0. The first kappa shape index (κ1) is 20.9. The number of hydrogen-bond acceptors (Lipinski definition) is 5. The van der Waals surface area contributed by atoms with Crippen LogP contribution in [-0.4, -0.2) is 55.3 Å². The number of rotatable bonds is 3. The highest BCUT2D eigenvalue weighted by Gasteiger charge is 2.51. The van der Waals surface area contributed by atoms with Crippen LogP contribution in [0, 0.1) is 22.7 Å². The molecule has 1 aromatic heterocycles. The van der Waals surface area contributed by atoms with E-state index in [1.165, 1.54) is 44.6 Å². The molecule has 3 aliphatic rings.